The second-order valence-electron chi connectivity index (χ2n) is 0.946. The van der Waals surface area contributed by atoms with Crippen molar-refractivity contribution in [1.29, 1.82) is 0 Å². The number of hydrogen-bond acceptors (Lipinski definition) is 2. The molecule has 0 aromatic rings. The molecule has 32 valence electrons. The van der Waals surface area contributed by atoms with Crippen LogP contribution in [0.5, 0.6) is 0 Å². The van der Waals surface area contributed by atoms with E-state index in [1.54, 1.807) is 11.8 Å². The van der Waals surface area contributed by atoms with Crippen LogP contribution >= 0.6 is 11.8 Å². The first-order valence-corrected chi connectivity index (χ1v) is 2.65. The van der Waals surface area contributed by atoms with Crippen LogP contribution in [0.1, 0.15) is 0 Å². The fraction of sp³-hybridized carbons (Fsp3) is 0.250. The molecule has 1 aliphatic rings. The van der Waals surface area contributed by atoms with Gasteiger partial charge in [0.2, 0.25) is 0 Å². The van der Waals surface area contributed by atoms with Crippen LogP contribution in [0.15, 0.2) is 11.6 Å². The molecule has 2 heteroatoms. The van der Waals surface area contributed by atoms with E-state index in [2.05, 4.69) is 11.1 Å². The van der Waals surface area contributed by atoms with E-state index < -0.39 is 0 Å². The lowest BCUT2D eigenvalue weighted by Gasteiger charge is -2.00. The van der Waals surface area contributed by atoms with Gasteiger partial charge in [-0.15, -0.1) is 11.8 Å². The van der Waals surface area contributed by atoms with Gasteiger partial charge in [0, 0.05) is 12.7 Å². The lowest BCUT2D eigenvalue weighted by molar-refractivity contribution is 0.969. The molecule has 0 saturated carbocycles. The Morgan fingerprint density at radius 3 is 3.00 bits per heavy atom. The summed E-state index contributed by atoms with van der Waals surface area (Å²) >= 11 is 1.60. The topological polar surface area (TPSA) is 12.0 Å². The smallest absolute Gasteiger partial charge is 0.0736 e. The van der Waals surface area contributed by atoms with E-state index in [4.69, 9.17) is 0 Å². The van der Waals surface area contributed by atoms with E-state index in [-0.39, 0.29) is 0 Å². The summed E-state index contributed by atoms with van der Waals surface area (Å²) in [5.41, 5.74) is 0. The van der Waals surface area contributed by atoms with Crippen LogP contribution in [0.2, 0.25) is 0 Å². The molecule has 1 rings (SSSR count). The molecule has 0 fully saturated rings. The monoisotopic (exact) mass is 99.0 g/mol. The summed E-state index contributed by atoms with van der Waals surface area (Å²) in [4.78, 5) is 0. The van der Waals surface area contributed by atoms with Crippen molar-refractivity contribution in [3.63, 3.8) is 0 Å². The molecule has 6 heavy (non-hydrogen) atoms. The van der Waals surface area contributed by atoms with E-state index >= 15 is 0 Å². The molecule has 0 spiro atoms. The second kappa shape index (κ2) is 2.13. The first-order valence-electron chi connectivity index (χ1n) is 1.77. The molecule has 1 nitrogen and oxygen atoms in total. The summed E-state index contributed by atoms with van der Waals surface area (Å²) in [6.07, 6.45) is 1.92. The van der Waals surface area contributed by atoms with Gasteiger partial charge in [-0.05, 0) is 5.41 Å². The number of nitrogens with one attached hydrogen (secondary N) is 1. The Morgan fingerprint density at radius 1 is 1.83 bits per heavy atom. The summed E-state index contributed by atoms with van der Waals surface area (Å²) in [6.45, 7) is 0.876. The minimum Gasteiger partial charge on any atom is -0.389 e. The molecule has 0 unspecified atom stereocenters. The molecule has 0 aliphatic carbocycles. The molecule has 0 amide bonds. The molecule has 1 N–H and O–H groups in total. The zero-order chi connectivity index (χ0) is 4.24. The van der Waals surface area contributed by atoms with Crippen molar-refractivity contribution < 1.29 is 0 Å². The minimum atomic E-state index is 0.876. The highest BCUT2D eigenvalue weighted by Crippen LogP contribution is 2.07. The summed E-state index contributed by atoms with van der Waals surface area (Å²) in [7, 11) is 0. The van der Waals surface area contributed by atoms with Crippen LogP contribution in [0.25, 0.3) is 0 Å². The van der Waals surface area contributed by atoms with Crippen molar-refractivity contribution >= 4 is 11.8 Å². The van der Waals surface area contributed by atoms with Crippen LogP contribution in [0, 0.1) is 5.75 Å². The molecule has 0 bridgehead atoms. The maximum absolute atomic E-state index is 3.00. The fourth-order valence-electron chi connectivity index (χ4n) is 0.273. The highest BCUT2D eigenvalue weighted by molar-refractivity contribution is 8.04. The van der Waals surface area contributed by atoms with Crippen molar-refractivity contribution in [1.82, 2.24) is 5.32 Å². The van der Waals surface area contributed by atoms with Crippen LogP contribution in [0.4, 0.5) is 0 Å². The van der Waals surface area contributed by atoms with Crippen LogP contribution in [-0.4, -0.2) is 6.54 Å². The molecular weight excluding hydrogens is 94.1 g/mol. The predicted molar refractivity (Wildman–Crippen MR) is 28.0 cm³/mol. The Labute approximate surface area is 41.8 Å². The Hall–Kier alpha value is -0.110. The minimum absolute atomic E-state index is 0.876. The molecule has 0 atom stereocenters. The fourth-order valence-corrected chi connectivity index (χ4v) is 0.700. The van der Waals surface area contributed by atoms with Gasteiger partial charge < -0.3 is 5.32 Å². The van der Waals surface area contributed by atoms with Crippen LogP contribution in [-0.2, 0) is 0 Å². The lowest BCUT2D eigenvalue weighted by atomic mass is 10.7. The predicted octanol–water partition coefficient (Wildman–Crippen LogP) is 0.833. The Kier molecular flexibility index (Phi) is 1.44. The molecule has 2 radical (unpaired) electrons. The third-order valence-electron chi connectivity index (χ3n) is 0.511. The van der Waals surface area contributed by atoms with Crippen LogP contribution < -0.4 is 5.32 Å². The summed E-state index contributed by atoms with van der Waals surface area (Å²) in [5, 5.41) is 4.93. The average molecular weight is 99.2 g/mol. The third kappa shape index (κ3) is 0.937. The standard InChI is InChI=1S/C4H5NS/c1-3-6-4-2-5-1/h1,3,5H,2H2. The first-order chi connectivity index (χ1) is 3.00. The van der Waals surface area contributed by atoms with Gasteiger partial charge in [0.05, 0.1) is 5.75 Å². The van der Waals surface area contributed by atoms with Gasteiger partial charge in [0.25, 0.3) is 0 Å². The van der Waals surface area contributed by atoms with Gasteiger partial charge in [-0.1, -0.05) is 0 Å². The van der Waals surface area contributed by atoms with E-state index in [0.29, 0.717) is 0 Å². The molecule has 0 saturated heterocycles. The number of thioether (sulfide) groups is 1. The summed E-state index contributed by atoms with van der Waals surface area (Å²) < 4.78 is 0. The largest absolute Gasteiger partial charge is 0.389 e. The molecule has 0 aromatic heterocycles. The second-order valence-corrected chi connectivity index (χ2v) is 1.74. The van der Waals surface area contributed by atoms with E-state index in [1.165, 1.54) is 0 Å². The van der Waals surface area contributed by atoms with Gasteiger partial charge in [-0.25, -0.2) is 0 Å². The third-order valence-corrected chi connectivity index (χ3v) is 1.09. The van der Waals surface area contributed by atoms with Crippen molar-refractivity contribution in [3.8, 4) is 0 Å². The molecule has 1 heterocycles. The van der Waals surface area contributed by atoms with Gasteiger partial charge in [-0.3, -0.25) is 0 Å². The zero-order valence-electron chi connectivity index (χ0n) is 3.27. The highest BCUT2D eigenvalue weighted by Gasteiger charge is 1.86. The van der Waals surface area contributed by atoms with E-state index in [1.807, 2.05) is 11.6 Å². The Morgan fingerprint density at radius 2 is 2.83 bits per heavy atom. The first kappa shape index (κ1) is 4.06. The van der Waals surface area contributed by atoms with Gasteiger partial charge in [-0.2, -0.15) is 0 Å². The van der Waals surface area contributed by atoms with Crippen molar-refractivity contribution in [3.05, 3.63) is 17.4 Å². The number of rotatable bonds is 0. The number of hydrogen-bond donors (Lipinski definition) is 1. The average Bonchev–Trinajstić information content (AvgIpc) is 1.72. The maximum Gasteiger partial charge on any atom is 0.0736 e. The Balaban J connectivity index is 2.26. The summed E-state index contributed by atoms with van der Waals surface area (Å²) in [6, 6.07) is 0. The SMILES string of the molecule is [C]1CNC=CS1. The molecular formula is C4H5NS. The zero-order valence-corrected chi connectivity index (χ0v) is 4.09. The highest BCUT2D eigenvalue weighted by atomic mass is 32.2. The summed E-state index contributed by atoms with van der Waals surface area (Å²) in [5.74, 6) is 3.00. The van der Waals surface area contributed by atoms with Crippen molar-refractivity contribution in [2.75, 3.05) is 6.54 Å². The van der Waals surface area contributed by atoms with Gasteiger partial charge in [0.15, 0.2) is 0 Å². The Bertz CT molecular complexity index is 52.6. The van der Waals surface area contributed by atoms with Gasteiger partial charge >= 0.3 is 0 Å². The van der Waals surface area contributed by atoms with E-state index in [9.17, 15) is 0 Å². The van der Waals surface area contributed by atoms with Crippen molar-refractivity contribution in [2.45, 2.75) is 0 Å². The normalized spacial score (nSPS) is 20.0. The maximum atomic E-state index is 3.00. The lowest BCUT2D eigenvalue weighted by Crippen LogP contribution is -2.07. The van der Waals surface area contributed by atoms with Crippen molar-refractivity contribution in [2.24, 2.45) is 0 Å². The van der Waals surface area contributed by atoms with Gasteiger partial charge in [0.1, 0.15) is 0 Å². The molecule has 0 aromatic carbocycles. The van der Waals surface area contributed by atoms with Crippen LogP contribution in [0.3, 0.4) is 0 Å². The van der Waals surface area contributed by atoms with E-state index in [0.717, 1.165) is 6.54 Å². The quantitative estimate of drug-likeness (QED) is 0.483. The molecule has 1 aliphatic heterocycles.